The van der Waals surface area contributed by atoms with Crippen molar-refractivity contribution in [2.24, 2.45) is 28.6 Å². The van der Waals surface area contributed by atoms with Crippen LogP contribution in [0.25, 0.3) is 0 Å². The Labute approximate surface area is 137 Å². The van der Waals surface area contributed by atoms with Crippen molar-refractivity contribution in [3.8, 4) is 0 Å². The standard InChI is InChI=1S/C19H26O2/c1-18-9-7-13(20)11-12(18)3-4-14-15-5-6-17(21)19(15,2)10-8-16(14)18/h11,14-16H,3-10H2,1-2H3/i3D2,6D2,7D2,11D. The highest BCUT2D eigenvalue weighted by Crippen LogP contribution is 2.64. The summed E-state index contributed by atoms with van der Waals surface area (Å²) in [4.78, 5) is 25.1. The molecule has 2 nitrogen and oxygen atoms in total. The molecule has 2 heteroatoms. The summed E-state index contributed by atoms with van der Waals surface area (Å²) in [5, 5.41) is 0. The van der Waals surface area contributed by atoms with Crippen LogP contribution >= 0.6 is 0 Å². The number of fused-ring (bicyclic) bond motifs is 5. The Kier molecular flexibility index (Phi) is 1.65. The Morgan fingerprint density at radius 3 is 2.62 bits per heavy atom. The second-order valence-electron chi connectivity index (χ2n) is 7.52. The maximum atomic E-state index is 12.8. The topological polar surface area (TPSA) is 34.1 Å². The molecule has 0 saturated heterocycles. The number of hydrogen-bond donors (Lipinski definition) is 0. The normalized spacial score (nSPS) is 61.8. The van der Waals surface area contributed by atoms with Gasteiger partial charge in [-0.1, -0.05) is 19.4 Å². The van der Waals surface area contributed by atoms with Crippen LogP contribution in [0.1, 0.15) is 74.7 Å². The third-order valence-electron chi connectivity index (χ3n) is 6.59. The smallest absolute Gasteiger partial charge is 0.155 e. The zero-order chi connectivity index (χ0) is 21.1. The van der Waals surface area contributed by atoms with E-state index in [-0.39, 0.29) is 42.6 Å². The van der Waals surface area contributed by atoms with Crippen LogP contribution in [0, 0.1) is 28.6 Å². The van der Waals surface area contributed by atoms with Crippen molar-refractivity contribution in [1.29, 1.82) is 0 Å². The van der Waals surface area contributed by atoms with Crippen LogP contribution in [0.2, 0.25) is 0 Å². The molecular formula is C19H26O2. The lowest BCUT2D eigenvalue weighted by atomic mass is 9.47. The van der Waals surface area contributed by atoms with Crippen LogP contribution in [-0.4, -0.2) is 11.6 Å². The van der Waals surface area contributed by atoms with Crippen molar-refractivity contribution in [3.63, 3.8) is 0 Å². The first-order chi connectivity index (χ1) is 12.6. The molecule has 0 radical (unpaired) electrons. The van der Waals surface area contributed by atoms with Crippen LogP contribution in [0.15, 0.2) is 11.6 Å². The highest BCUT2D eigenvalue weighted by Gasteiger charge is 2.58. The molecule has 0 aromatic rings. The minimum Gasteiger partial charge on any atom is -0.299 e. The molecule has 0 heterocycles. The molecule has 4 aliphatic rings. The van der Waals surface area contributed by atoms with E-state index in [1.807, 2.05) is 0 Å². The third kappa shape index (κ3) is 1.71. The number of carbonyl (C=O) groups is 2. The van der Waals surface area contributed by atoms with Gasteiger partial charge in [0.05, 0.1) is 1.37 Å². The predicted octanol–water partition coefficient (Wildman–Crippen LogP) is 4.09. The predicted molar refractivity (Wildman–Crippen MR) is 81.7 cm³/mol. The number of hydrogen-bond acceptors (Lipinski definition) is 2. The summed E-state index contributed by atoms with van der Waals surface area (Å²) < 4.78 is 58.2. The van der Waals surface area contributed by atoms with Crippen molar-refractivity contribution >= 4 is 11.6 Å². The summed E-state index contributed by atoms with van der Waals surface area (Å²) in [5.74, 6) is -2.10. The summed E-state index contributed by atoms with van der Waals surface area (Å²) in [6.07, 6.45) is -5.11. The van der Waals surface area contributed by atoms with E-state index in [2.05, 4.69) is 0 Å². The van der Waals surface area contributed by atoms with Gasteiger partial charge >= 0.3 is 0 Å². The van der Waals surface area contributed by atoms with Gasteiger partial charge in [-0.15, -0.1) is 0 Å². The van der Waals surface area contributed by atoms with Crippen LogP contribution in [0.5, 0.6) is 0 Å². The summed E-state index contributed by atoms with van der Waals surface area (Å²) in [5.41, 5.74) is -1.70. The van der Waals surface area contributed by atoms with Gasteiger partial charge < -0.3 is 0 Å². The SMILES string of the molecule is [2H]C1=C2C([2H])([2H])CC3C4CC([2H])([2H])C(=O)C4(C)CCC3C2(C)CC([2H])([2H])C1=O. The molecule has 0 amide bonds. The second kappa shape index (κ2) is 4.30. The number of Topliss-reactive ketones (excluding diaryl/α,β-unsaturated/α-hetero) is 1. The minimum absolute atomic E-state index is 0.0465. The molecular weight excluding hydrogens is 260 g/mol. The van der Waals surface area contributed by atoms with Gasteiger partial charge in [0.1, 0.15) is 5.78 Å². The van der Waals surface area contributed by atoms with E-state index in [9.17, 15) is 9.59 Å². The monoisotopic (exact) mass is 293 g/mol. The molecule has 0 aromatic carbocycles. The van der Waals surface area contributed by atoms with Crippen LogP contribution in [-0.2, 0) is 9.59 Å². The van der Waals surface area contributed by atoms with E-state index in [4.69, 9.17) is 9.60 Å². The van der Waals surface area contributed by atoms with Crippen molar-refractivity contribution in [1.82, 2.24) is 0 Å². The fraction of sp³-hybridized carbons (Fsp3) is 0.789. The maximum absolute atomic E-state index is 12.8. The molecule has 0 aromatic heterocycles. The van der Waals surface area contributed by atoms with Gasteiger partial charge in [0.15, 0.2) is 5.78 Å². The fourth-order valence-electron chi connectivity index (χ4n) is 5.18. The molecule has 5 unspecified atom stereocenters. The Morgan fingerprint density at radius 1 is 1.05 bits per heavy atom. The number of rotatable bonds is 0. The maximum Gasteiger partial charge on any atom is 0.155 e. The second-order valence-corrected chi connectivity index (χ2v) is 7.52. The summed E-state index contributed by atoms with van der Waals surface area (Å²) >= 11 is 0. The molecule has 21 heavy (non-hydrogen) atoms. The molecule has 3 saturated carbocycles. The highest BCUT2D eigenvalue weighted by molar-refractivity contribution is 5.91. The molecule has 0 spiro atoms. The van der Waals surface area contributed by atoms with Gasteiger partial charge in [0.2, 0.25) is 0 Å². The van der Waals surface area contributed by atoms with Gasteiger partial charge in [0.25, 0.3) is 0 Å². The molecule has 3 fully saturated rings. The Morgan fingerprint density at radius 2 is 1.81 bits per heavy atom. The van der Waals surface area contributed by atoms with Crippen molar-refractivity contribution in [2.75, 3.05) is 0 Å². The quantitative estimate of drug-likeness (QED) is 0.674. The Balaban J connectivity index is 1.86. The van der Waals surface area contributed by atoms with Crippen molar-refractivity contribution < 1.29 is 19.2 Å². The minimum atomic E-state index is -2.21. The Hall–Kier alpha value is -0.920. The van der Waals surface area contributed by atoms with Gasteiger partial charge in [-0.3, -0.25) is 9.59 Å². The van der Waals surface area contributed by atoms with E-state index in [0.717, 1.165) is 0 Å². The molecule has 114 valence electrons. The average molecular weight is 293 g/mol. The molecule has 0 bridgehead atoms. The third-order valence-corrected chi connectivity index (χ3v) is 6.59. The van der Waals surface area contributed by atoms with Crippen molar-refractivity contribution in [3.05, 3.63) is 11.6 Å². The average Bonchev–Trinajstić information content (AvgIpc) is 2.71. The molecule has 0 aliphatic heterocycles. The van der Waals surface area contributed by atoms with Crippen molar-refractivity contribution in [2.45, 2.75) is 65.1 Å². The van der Waals surface area contributed by atoms with E-state index in [1.165, 1.54) is 0 Å². The lowest BCUT2D eigenvalue weighted by Crippen LogP contribution is -2.50. The first kappa shape index (κ1) is 8.08. The van der Waals surface area contributed by atoms with Gasteiger partial charge in [-0.2, -0.15) is 0 Å². The molecule has 4 rings (SSSR count). The van der Waals surface area contributed by atoms with Gasteiger partial charge in [-0.05, 0) is 67.7 Å². The molecule has 5 atom stereocenters. The Bertz CT molecular complexity index is 817. The van der Waals surface area contributed by atoms with E-state index < -0.39 is 47.6 Å². The molecule has 4 aliphatic carbocycles. The first-order valence-corrected chi connectivity index (χ1v) is 7.89. The van der Waals surface area contributed by atoms with Crippen LogP contribution in [0.4, 0.5) is 0 Å². The lowest BCUT2D eigenvalue weighted by Gasteiger charge is -2.56. The van der Waals surface area contributed by atoms with Crippen LogP contribution < -0.4 is 0 Å². The lowest BCUT2D eigenvalue weighted by molar-refractivity contribution is -0.132. The number of allylic oxidation sites excluding steroid dienone is 1. The summed E-state index contributed by atoms with van der Waals surface area (Å²) in [6, 6.07) is -0.534. The summed E-state index contributed by atoms with van der Waals surface area (Å²) in [6.45, 7) is 3.56. The summed E-state index contributed by atoms with van der Waals surface area (Å²) in [7, 11) is 0. The number of carbonyl (C=O) groups excluding carboxylic acids is 2. The first-order valence-electron chi connectivity index (χ1n) is 11.4. The van der Waals surface area contributed by atoms with Gasteiger partial charge in [-0.25, -0.2) is 0 Å². The van der Waals surface area contributed by atoms with Gasteiger partial charge in [0, 0.05) is 26.4 Å². The fourth-order valence-corrected chi connectivity index (χ4v) is 5.18. The zero-order valence-electron chi connectivity index (χ0n) is 19.6. The zero-order valence-corrected chi connectivity index (χ0v) is 12.6. The molecule has 0 N–H and O–H groups in total. The van der Waals surface area contributed by atoms with E-state index in [1.54, 1.807) is 13.8 Å². The van der Waals surface area contributed by atoms with Crippen LogP contribution in [0.3, 0.4) is 0 Å². The number of ketones is 2. The van der Waals surface area contributed by atoms with E-state index in [0.29, 0.717) is 12.8 Å². The highest BCUT2D eigenvalue weighted by atomic mass is 16.1. The largest absolute Gasteiger partial charge is 0.299 e. The van der Waals surface area contributed by atoms with E-state index >= 15 is 0 Å².